The molecule has 4 nitrogen and oxygen atoms in total. The van der Waals surface area contributed by atoms with Crippen molar-refractivity contribution in [3.63, 3.8) is 0 Å². The minimum atomic E-state index is -3.77. The summed E-state index contributed by atoms with van der Waals surface area (Å²) in [5.41, 5.74) is -0.735. The van der Waals surface area contributed by atoms with Crippen LogP contribution in [0.3, 0.4) is 0 Å². The number of hydrogen-bond acceptors (Lipinski definition) is 3. The number of rotatable bonds is 6. The molecular formula is C12H17BrFNO3S. The van der Waals surface area contributed by atoms with Crippen molar-refractivity contribution in [1.29, 1.82) is 0 Å². The zero-order valence-electron chi connectivity index (χ0n) is 10.8. The van der Waals surface area contributed by atoms with Crippen LogP contribution >= 0.6 is 15.9 Å². The molecule has 0 aliphatic rings. The first-order valence-electron chi connectivity index (χ1n) is 5.84. The molecule has 0 bridgehead atoms. The normalized spacial score (nSPS) is 15.2. The van der Waals surface area contributed by atoms with Gasteiger partial charge in [-0.05, 0) is 53.9 Å². The molecule has 0 radical (unpaired) electrons. The highest BCUT2D eigenvalue weighted by Gasteiger charge is 2.29. The average Bonchev–Trinajstić information content (AvgIpc) is 2.27. The van der Waals surface area contributed by atoms with E-state index in [4.69, 9.17) is 5.11 Å². The molecule has 1 aromatic rings. The summed E-state index contributed by atoms with van der Waals surface area (Å²) >= 11 is 3.04. The second-order valence-electron chi connectivity index (χ2n) is 4.57. The average molecular weight is 354 g/mol. The smallest absolute Gasteiger partial charge is 0.242 e. The van der Waals surface area contributed by atoms with Gasteiger partial charge in [-0.15, -0.1) is 0 Å². The van der Waals surface area contributed by atoms with Gasteiger partial charge in [-0.3, -0.25) is 0 Å². The van der Waals surface area contributed by atoms with E-state index in [1.54, 1.807) is 6.92 Å². The number of aliphatic hydroxyl groups excluding tert-OH is 1. The number of benzene rings is 1. The van der Waals surface area contributed by atoms with Gasteiger partial charge in [0.2, 0.25) is 10.0 Å². The summed E-state index contributed by atoms with van der Waals surface area (Å²) in [6.07, 6.45) is 0.840. The zero-order chi connectivity index (χ0) is 14.7. The van der Waals surface area contributed by atoms with Gasteiger partial charge in [-0.1, -0.05) is 6.92 Å². The van der Waals surface area contributed by atoms with E-state index in [0.29, 0.717) is 12.8 Å². The Morgan fingerprint density at radius 2 is 2.11 bits per heavy atom. The number of nitrogens with one attached hydrogen (secondary N) is 1. The summed E-state index contributed by atoms with van der Waals surface area (Å²) in [4.78, 5) is -0.0217. The summed E-state index contributed by atoms with van der Waals surface area (Å²) in [5.74, 6) is -0.514. The second-order valence-corrected chi connectivity index (χ2v) is 7.07. The first-order valence-corrected chi connectivity index (χ1v) is 8.11. The van der Waals surface area contributed by atoms with Crippen molar-refractivity contribution in [1.82, 2.24) is 4.72 Å². The van der Waals surface area contributed by atoms with Crippen LogP contribution in [-0.4, -0.2) is 25.7 Å². The van der Waals surface area contributed by atoms with Crippen LogP contribution in [0.15, 0.2) is 27.6 Å². The van der Waals surface area contributed by atoms with Crippen molar-refractivity contribution < 1.29 is 17.9 Å². The van der Waals surface area contributed by atoms with Crippen LogP contribution < -0.4 is 4.72 Å². The molecule has 0 fully saturated rings. The highest BCUT2D eigenvalue weighted by atomic mass is 79.9. The van der Waals surface area contributed by atoms with Gasteiger partial charge in [0.05, 0.1) is 4.90 Å². The van der Waals surface area contributed by atoms with Crippen molar-refractivity contribution in [2.75, 3.05) is 6.61 Å². The molecule has 1 aromatic carbocycles. The van der Waals surface area contributed by atoms with Crippen LogP contribution in [0, 0.1) is 5.82 Å². The van der Waals surface area contributed by atoms with Gasteiger partial charge in [0.25, 0.3) is 0 Å². The molecule has 1 atom stereocenters. The second kappa shape index (κ2) is 6.30. The molecule has 7 heteroatoms. The van der Waals surface area contributed by atoms with E-state index < -0.39 is 21.4 Å². The summed E-state index contributed by atoms with van der Waals surface area (Å²) in [6, 6.07) is 3.40. The molecule has 1 rings (SSSR count). The fourth-order valence-electron chi connectivity index (χ4n) is 1.62. The first kappa shape index (κ1) is 16.6. The van der Waals surface area contributed by atoms with E-state index in [2.05, 4.69) is 20.7 Å². The van der Waals surface area contributed by atoms with Crippen molar-refractivity contribution in [3.05, 3.63) is 28.5 Å². The molecule has 2 N–H and O–H groups in total. The van der Waals surface area contributed by atoms with E-state index in [1.807, 2.05) is 6.92 Å². The zero-order valence-corrected chi connectivity index (χ0v) is 13.2. The Bertz CT molecular complexity index is 550. The number of hydrogen-bond donors (Lipinski definition) is 2. The number of aliphatic hydroxyl groups is 1. The lowest BCUT2D eigenvalue weighted by atomic mass is 9.97. The lowest BCUT2D eigenvalue weighted by Crippen LogP contribution is -2.46. The third kappa shape index (κ3) is 4.24. The summed E-state index contributed by atoms with van der Waals surface area (Å²) in [6.45, 7) is 3.44. The predicted molar refractivity (Wildman–Crippen MR) is 74.8 cm³/mol. The molecule has 0 heterocycles. The highest BCUT2D eigenvalue weighted by Crippen LogP contribution is 2.25. The maximum atomic E-state index is 13.0. The maximum absolute atomic E-state index is 13.0. The third-order valence-electron chi connectivity index (χ3n) is 3.01. The molecule has 108 valence electrons. The van der Waals surface area contributed by atoms with Crippen molar-refractivity contribution in [2.45, 2.75) is 37.1 Å². The molecule has 1 unspecified atom stereocenters. The first-order chi connectivity index (χ1) is 8.74. The molecule has 0 saturated carbocycles. The van der Waals surface area contributed by atoms with E-state index in [-0.39, 0.29) is 16.0 Å². The van der Waals surface area contributed by atoms with Gasteiger partial charge in [-0.25, -0.2) is 17.5 Å². The van der Waals surface area contributed by atoms with Crippen LogP contribution in [0.5, 0.6) is 0 Å². The van der Waals surface area contributed by atoms with Gasteiger partial charge in [0.1, 0.15) is 5.82 Å². The Hall–Kier alpha value is -0.500. The summed E-state index contributed by atoms with van der Waals surface area (Å²) < 4.78 is 40.2. The Labute approximate surface area is 121 Å². The molecule has 19 heavy (non-hydrogen) atoms. The van der Waals surface area contributed by atoms with Crippen molar-refractivity contribution >= 4 is 26.0 Å². The maximum Gasteiger partial charge on any atom is 0.242 e. The quantitative estimate of drug-likeness (QED) is 0.825. The predicted octanol–water partition coefficient (Wildman–Crippen LogP) is 2.42. The van der Waals surface area contributed by atoms with Gasteiger partial charge in [0, 0.05) is 16.6 Å². The largest absolute Gasteiger partial charge is 0.396 e. The third-order valence-corrected chi connectivity index (χ3v) is 5.62. The minimum absolute atomic E-state index is 0.0217. The SMILES string of the molecule is CCC(C)(CCO)NS(=O)(=O)c1ccc(F)cc1Br. The molecule has 0 spiro atoms. The van der Waals surface area contributed by atoms with Crippen LogP contribution in [-0.2, 0) is 10.0 Å². The van der Waals surface area contributed by atoms with Crippen LogP contribution in [0.2, 0.25) is 0 Å². The van der Waals surface area contributed by atoms with Gasteiger partial charge >= 0.3 is 0 Å². The Kier molecular flexibility index (Phi) is 5.49. The Morgan fingerprint density at radius 3 is 2.58 bits per heavy atom. The Morgan fingerprint density at radius 1 is 1.47 bits per heavy atom. The van der Waals surface area contributed by atoms with E-state index in [1.165, 1.54) is 6.07 Å². The van der Waals surface area contributed by atoms with Crippen LogP contribution in [0.25, 0.3) is 0 Å². The topological polar surface area (TPSA) is 66.4 Å². The summed E-state index contributed by atoms with van der Waals surface area (Å²) in [5, 5.41) is 9.00. The van der Waals surface area contributed by atoms with Crippen molar-refractivity contribution in [2.24, 2.45) is 0 Å². The van der Waals surface area contributed by atoms with E-state index in [9.17, 15) is 12.8 Å². The van der Waals surface area contributed by atoms with E-state index in [0.717, 1.165) is 12.1 Å². The van der Waals surface area contributed by atoms with E-state index >= 15 is 0 Å². The lowest BCUT2D eigenvalue weighted by molar-refractivity contribution is 0.233. The minimum Gasteiger partial charge on any atom is -0.396 e. The summed E-state index contributed by atoms with van der Waals surface area (Å²) in [7, 11) is -3.77. The van der Waals surface area contributed by atoms with Crippen LogP contribution in [0.1, 0.15) is 26.7 Å². The number of sulfonamides is 1. The fraction of sp³-hybridized carbons (Fsp3) is 0.500. The molecule has 0 aliphatic carbocycles. The highest BCUT2D eigenvalue weighted by molar-refractivity contribution is 9.10. The monoisotopic (exact) mass is 353 g/mol. The van der Waals surface area contributed by atoms with Gasteiger partial charge in [-0.2, -0.15) is 0 Å². The van der Waals surface area contributed by atoms with Gasteiger partial charge < -0.3 is 5.11 Å². The Balaban J connectivity index is 3.10. The molecule has 0 saturated heterocycles. The lowest BCUT2D eigenvalue weighted by Gasteiger charge is -2.28. The van der Waals surface area contributed by atoms with Crippen molar-refractivity contribution in [3.8, 4) is 0 Å². The van der Waals surface area contributed by atoms with Crippen LogP contribution in [0.4, 0.5) is 4.39 Å². The molecule has 0 aliphatic heterocycles. The number of halogens is 2. The molecule has 0 amide bonds. The standard InChI is InChI=1S/C12H17BrFNO3S/c1-3-12(2,6-7-16)15-19(17,18)11-5-4-9(14)8-10(11)13/h4-5,8,15-16H,3,6-7H2,1-2H3. The fourth-order valence-corrected chi connectivity index (χ4v) is 4.18. The molecular weight excluding hydrogens is 337 g/mol. The van der Waals surface area contributed by atoms with Gasteiger partial charge in [0.15, 0.2) is 0 Å². The molecule has 0 aromatic heterocycles.